The van der Waals surface area contributed by atoms with Gasteiger partial charge in [-0.25, -0.2) is 4.98 Å². The third-order valence-electron chi connectivity index (χ3n) is 3.61. The zero-order valence-corrected chi connectivity index (χ0v) is 12.6. The fourth-order valence-electron chi connectivity index (χ4n) is 2.57. The lowest BCUT2D eigenvalue weighted by Gasteiger charge is -2.27. The number of anilines is 1. The SMILES string of the molecule is CCCNCC1CCCN1c1ncc(C(F)(F)F)cc1Cl. The average Bonchev–Trinajstić information content (AvgIpc) is 2.86. The minimum absolute atomic E-state index is 0.0622. The molecular weight excluding hydrogens is 303 g/mol. The highest BCUT2D eigenvalue weighted by Gasteiger charge is 2.33. The monoisotopic (exact) mass is 321 g/mol. The second-order valence-corrected chi connectivity index (χ2v) is 5.63. The van der Waals surface area contributed by atoms with Gasteiger partial charge in [-0.3, -0.25) is 0 Å². The molecular formula is C14H19ClF3N3. The van der Waals surface area contributed by atoms with Crippen molar-refractivity contribution in [3.05, 3.63) is 22.8 Å². The molecule has 1 unspecified atom stereocenters. The molecule has 2 heterocycles. The van der Waals surface area contributed by atoms with Gasteiger partial charge in [0.25, 0.3) is 0 Å². The first-order valence-electron chi connectivity index (χ1n) is 7.13. The molecule has 1 aromatic heterocycles. The van der Waals surface area contributed by atoms with Crippen molar-refractivity contribution in [2.24, 2.45) is 0 Å². The maximum Gasteiger partial charge on any atom is 0.417 e. The standard InChI is InChI=1S/C14H19ClF3N3/c1-2-5-19-9-11-4-3-6-21(11)13-12(15)7-10(8-20-13)14(16,17)18/h7-8,11,19H,2-6,9H2,1H3. The lowest BCUT2D eigenvalue weighted by Crippen LogP contribution is -2.38. The minimum Gasteiger partial charge on any atom is -0.351 e. The van der Waals surface area contributed by atoms with Crippen LogP contribution in [0.5, 0.6) is 0 Å². The Morgan fingerprint density at radius 1 is 1.48 bits per heavy atom. The molecule has 1 aliphatic heterocycles. The number of hydrogen-bond acceptors (Lipinski definition) is 3. The van der Waals surface area contributed by atoms with Crippen LogP contribution in [0.1, 0.15) is 31.7 Å². The summed E-state index contributed by atoms with van der Waals surface area (Å²) in [5.74, 6) is 0.450. The Morgan fingerprint density at radius 2 is 2.24 bits per heavy atom. The first-order chi connectivity index (χ1) is 9.93. The first kappa shape index (κ1) is 16.4. The molecule has 0 amide bonds. The summed E-state index contributed by atoms with van der Waals surface area (Å²) >= 11 is 6.02. The summed E-state index contributed by atoms with van der Waals surface area (Å²) in [6, 6.07) is 1.19. The Hall–Kier alpha value is -1.01. The van der Waals surface area contributed by atoms with Crippen molar-refractivity contribution in [3.63, 3.8) is 0 Å². The Kier molecular flexibility index (Phi) is 5.32. The van der Waals surface area contributed by atoms with Gasteiger partial charge in [0.15, 0.2) is 0 Å². The number of rotatable bonds is 5. The second-order valence-electron chi connectivity index (χ2n) is 5.22. The van der Waals surface area contributed by atoms with E-state index < -0.39 is 11.7 Å². The molecule has 0 aliphatic carbocycles. The van der Waals surface area contributed by atoms with E-state index in [1.807, 2.05) is 4.90 Å². The molecule has 1 fully saturated rings. The molecule has 7 heteroatoms. The molecule has 0 saturated carbocycles. The summed E-state index contributed by atoms with van der Waals surface area (Å²) < 4.78 is 37.9. The molecule has 3 nitrogen and oxygen atoms in total. The molecule has 118 valence electrons. The van der Waals surface area contributed by atoms with Crippen molar-refractivity contribution in [3.8, 4) is 0 Å². The lowest BCUT2D eigenvalue weighted by molar-refractivity contribution is -0.137. The van der Waals surface area contributed by atoms with Crippen LogP contribution >= 0.6 is 11.6 Å². The summed E-state index contributed by atoms with van der Waals surface area (Å²) in [5.41, 5.74) is -0.809. The molecule has 1 N–H and O–H groups in total. The molecule has 21 heavy (non-hydrogen) atoms. The molecule has 1 saturated heterocycles. The van der Waals surface area contributed by atoms with E-state index in [-0.39, 0.29) is 11.1 Å². The minimum atomic E-state index is -4.41. The van der Waals surface area contributed by atoms with E-state index in [4.69, 9.17) is 11.6 Å². The number of nitrogens with one attached hydrogen (secondary N) is 1. The van der Waals surface area contributed by atoms with Gasteiger partial charge < -0.3 is 10.2 Å². The van der Waals surface area contributed by atoms with Crippen molar-refractivity contribution in [2.45, 2.75) is 38.4 Å². The van der Waals surface area contributed by atoms with Gasteiger partial charge in [-0.05, 0) is 31.9 Å². The highest BCUT2D eigenvalue weighted by atomic mass is 35.5. The summed E-state index contributed by atoms with van der Waals surface area (Å²) in [6.45, 7) is 4.59. The lowest BCUT2D eigenvalue weighted by atomic mass is 10.2. The molecule has 1 aromatic rings. The van der Waals surface area contributed by atoms with E-state index in [1.54, 1.807) is 0 Å². The topological polar surface area (TPSA) is 28.2 Å². The maximum absolute atomic E-state index is 12.6. The Balaban J connectivity index is 2.13. The molecule has 0 aromatic carbocycles. The van der Waals surface area contributed by atoms with E-state index in [2.05, 4.69) is 17.2 Å². The average molecular weight is 322 g/mol. The van der Waals surface area contributed by atoms with Crippen LogP contribution in [0.3, 0.4) is 0 Å². The van der Waals surface area contributed by atoms with Gasteiger partial charge in [-0.2, -0.15) is 13.2 Å². The fraction of sp³-hybridized carbons (Fsp3) is 0.643. The molecule has 1 aliphatic rings. The maximum atomic E-state index is 12.6. The van der Waals surface area contributed by atoms with Gasteiger partial charge in [0.2, 0.25) is 0 Å². The molecule has 0 spiro atoms. The molecule has 2 rings (SSSR count). The highest BCUT2D eigenvalue weighted by Crippen LogP contribution is 2.35. The van der Waals surface area contributed by atoms with Gasteiger partial charge in [-0.15, -0.1) is 0 Å². The second kappa shape index (κ2) is 6.83. The van der Waals surface area contributed by atoms with Crippen molar-refractivity contribution < 1.29 is 13.2 Å². The largest absolute Gasteiger partial charge is 0.417 e. The molecule has 0 radical (unpaired) electrons. The quantitative estimate of drug-likeness (QED) is 0.838. The zero-order chi connectivity index (χ0) is 15.5. The van der Waals surface area contributed by atoms with Crippen LogP contribution in [0, 0.1) is 0 Å². The van der Waals surface area contributed by atoms with E-state index in [0.29, 0.717) is 5.82 Å². The summed E-state index contributed by atoms with van der Waals surface area (Å²) in [5, 5.41) is 3.40. The van der Waals surface area contributed by atoms with E-state index in [0.717, 1.165) is 51.2 Å². The van der Waals surface area contributed by atoms with Crippen molar-refractivity contribution in [1.29, 1.82) is 0 Å². The van der Waals surface area contributed by atoms with E-state index in [1.165, 1.54) is 0 Å². The summed E-state index contributed by atoms with van der Waals surface area (Å²) in [6.07, 6.45) is -0.516. The van der Waals surface area contributed by atoms with Crippen LogP contribution in [0.4, 0.5) is 19.0 Å². The number of halogens is 4. The number of nitrogens with zero attached hydrogens (tertiary/aromatic N) is 2. The van der Waals surface area contributed by atoms with Crippen LogP contribution in [-0.2, 0) is 6.18 Å². The van der Waals surface area contributed by atoms with Crippen LogP contribution < -0.4 is 10.2 Å². The van der Waals surface area contributed by atoms with Gasteiger partial charge in [-0.1, -0.05) is 18.5 Å². The normalized spacial score (nSPS) is 19.3. The van der Waals surface area contributed by atoms with Crippen LogP contribution in [0.2, 0.25) is 5.02 Å². The smallest absolute Gasteiger partial charge is 0.351 e. The van der Waals surface area contributed by atoms with Crippen LogP contribution in [-0.4, -0.2) is 30.7 Å². The van der Waals surface area contributed by atoms with E-state index in [9.17, 15) is 13.2 Å². The number of alkyl halides is 3. The van der Waals surface area contributed by atoms with E-state index >= 15 is 0 Å². The Morgan fingerprint density at radius 3 is 2.86 bits per heavy atom. The highest BCUT2D eigenvalue weighted by molar-refractivity contribution is 6.33. The van der Waals surface area contributed by atoms with Gasteiger partial charge in [0, 0.05) is 25.3 Å². The van der Waals surface area contributed by atoms with Crippen molar-refractivity contribution in [1.82, 2.24) is 10.3 Å². The molecule has 1 atom stereocenters. The summed E-state index contributed by atoms with van der Waals surface area (Å²) in [4.78, 5) is 5.96. The third kappa shape index (κ3) is 4.01. The number of pyridine rings is 1. The van der Waals surface area contributed by atoms with Crippen LogP contribution in [0.15, 0.2) is 12.3 Å². The number of hydrogen-bond donors (Lipinski definition) is 1. The third-order valence-corrected chi connectivity index (χ3v) is 3.88. The number of aromatic nitrogens is 1. The van der Waals surface area contributed by atoms with Gasteiger partial charge in [0.05, 0.1) is 10.6 Å². The van der Waals surface area contributed by atoms with Crippen molar-refractivity contribution in [2.75, 3.05) is 24.5 Å². The van der Waals surface area contributed by atoms with Crippen molar-refractivity contribution >= 4 is 17.4 Å². The summed E-state index contributed by atoms with van der Waals surface area (Å²) in [7, 11) is 0. The van der Waals surface area contributed by atoms with Gasteiger partial charge >= 0.3 is 6.18 Å². The molecule has 0 bridgehead atoms. The van der Waals surface area contributed by atoms with Crippen LogP contribution in [0.25, 0.3) is 0 Å². The van der Waals surface area contributed by atoms with Gasteiger partial charge in [0.1, 0.15) is 5.82 Å². The zero-order valence-electron chi connectivity index (χ0n) is 11.9. The Labute approximate surface area is 127 Å². The Bertz CT molecular complexity index is 479. The first-order valence-corrected chi connectivity index (χ1v) is 7.51. The predicted octanol–water partition coefficient (Wildman–Crippen LogP) is 3.72. The predicted molar refractivity (Wildman–Crippen MR) is 77.8 cm³/mol. The fourth-order valence-corrected chi connectivity index (χ4v) is 2.84.